The van der Waals surface area contributed by atoms with Gasteiger partial charge in [0.2, 0.25) is 0 Å². The van der Waals surface area contributed by atoms with Gasteiger partial charge < -0.3 is 0 Å². The molecule has 3 heteroatoms. The predicted octanol–water partition coefficient (Wildman–Crippen LogP) is 1.06. The Labute approximate surface area is 71.0 Å². The summed E-state index contributed by atoms with van der Waals surface area (Å²) in [6.45, 7) is 1.34. The second kappa shape index (κ2) is 2.44. The van der Waals surface area contributed by atoms with E-state index in [1.807, 2.05) is 24.3 Å². The number of nitrogens with zero attached hydrogens (tertiary/aromatic N) is 2. The minimum Gasteiger partial charge on any atom is -0.271 e. The van der Waals surface area contributed by atoms with Gasteiger partial charge >= 0.3 is 12.5 Å². The highest BCUT2D eigenvalue weighted by Gasteiger charge is 2.30. The third-order valence-corrected chi connectivity index (χ3v) is 1.89. The Kier molecular flexibility index (Phi) is 1.43. The average molecular weight is 160 g/mol. The molecule has 12 heavy (non-hydrogen) atoms. The Bertz CT molecular complexity index is 322. The van der Waals surface area contributed by atoms with Gasteiger partial charge in [-0.05, 0) is 12.1 Å². The van der Waals surface area contributed by atoms with Gasteiger partial charge in [0.1, 0.15) is 5.69 Å². The molecule has 0 fully saturated rings. The van der Waals surface area contributed by atoms with Gasteiger partial charge in [-0.25, -0.2) is 4.79 Å². The van der Waals surface area contributed by atoms with Crippen LogP contribution in [0, 0.1) is 6.54 Å². The third-order valence-electron chi connectivity index (χ3n) is 1.89. The van der Waals surface area contributed by atoms with Crippen LogP contribution < -0.4 is 10.2 Å². The quantitative estimate of drug-likeness (QED) is 0.522. The Balaban J connectivity index is 2.48. The maximum Gasteiger partial charge on any atom is 0.438 e. The lowest BCUT2D eigenvalue weighted by atomic mass is 10.2. The first-order valence-corrected chi connectivity index (χ1v) is 3.70. The van der Waals surface area contributed by atoms with Crippen molar-refractivity contribution < 1.29 is 4.79 Å². The fourth-order valence-corrected chi connectivity index (χ4v) is 1.19. The van der Waals surface area contributed by atoms with Crippen LogP contribution >= 0.6 is 0 Å². The molecule has 0 N–H and O–H groups in total. The molecule has 1 aliphatic rings. The van der Waals surface area contributed by atoms with Gasteiger partial charge in [0, 0.05) is 7.05 Å². The second-order valence-electron chi connectivity index (χ2n) is 2.64. The van der Waals surface area contributed by atoms with Crippen molar-refractivity contribution in [3.8, 4) is 0 Å². The minimum atomic E-state index is -0.0753. The lowest BCUT2D eigenvalue weighted by molar-refractivity contribution is -0.115. The Hall–Kier alpha value is -1.64. The number of carbonyl (C=O) groups is 1. The molecule has 1 aliphatic heterocycles. The Morgan fingerprint density at radius 3 is 3.00 bits per heavy atom. The number of hydrogen-bond acceptors (Lipinski definition) is 1. The molecule has 1 heterocycles. The van der Waals surface area contributed by atoms with Gasteiger partial charge in [0.15, 0.2) is 0 Å². The van der Waals surface area contributed by atoms with E-state index in [4.69, 9.17) is 0 Å². The van der Waals surface area contributed by atoms with Crippen LogP contribution in [0.3, 0.4) is 0 Å². The van der Waals surface area contributed by atoms with Crippen LogP contribution in [0.1, 0.15) is 0 Å². The van der Waals surface area contributed by atoms with Crippen LogP contribution in [0.15, 0.2) is 24.3 Å². The largest absolute Gasteiger partial charge is 0.438 e. The van der Waals surface area contributed by atoms with E-state index in [2.05, 4.69) is 5.32 Å². The van der Waals surface area contributed by atoms with Crippen molar-refractivity contribution in [3.05, 3.63) is 30.8 Å². The molecule has 3 nitrogen and oxygen atoms in total. The van der Waals surface area contributed by atoms with Crippen LogP contribution in [0.4, 0.5) is 11.4 Å². The van der Waals surface area contributed by atoms with E-state index in [0.717, 1.165) is 11.4 Å². The number of likely N-dealkylation sites (N-methyl/N-ethyl adjacent to an activating group) is 1. The SMILES string of the molecule is CN1C(=O)[CH+][N]c2ccccc21. The van der Waals surface area contributed by atoms with Crippen molar-refractivity contribution in [1.82, 2.24) is 5.32 Å². The highest BCUT2D eigenvalue weighted by molar-refractivity contribution is 6.03. The fraction of sp³-hybridized carbons (Fsp3) is 0.111. The van der Waals surface area contributed by atoms with Gasteiger partial charge in [-0.3, -0.25) is 4.90 Å². The van der Waals surface area contributed by atoms with Gasteiger partial charge in [-0.2, -0.15) is 0 Å². The highest BCUT2D eigenvalue weighted by atomic mass is 16.2. The molecule has 1 amide bonds. The monoisotopic (exact) mass is 160 g/mol. The molecule has 2 rings (SSSR count). The number of carbonyl (C=O) groups excluding carboxylic acids is 1. The maximum atomic E-state index is 11.1. The molecule has 0 bridgehead atoms. The molecule has 1 radical (unpaired) electrons. The zero-order chi connectivity index (χ0) is 8.55. The molecule has 0 atom stereocenters. The van der Waals surface area contributed by atoms with Crippen molar-refractivity contribution in [2.24, 2.45) is 0 Å². The van der Waals surface area contributed by atoms with E-state index < -0.39 is 0 Å². The summed E-state index contributed by atoms with van der Waals surface area (Å²) in [5.41, 5.74) is 1.71. The van der Waals surface area contributed by atoms with Crippen LogP contribution in [0.5, 0.6) is 0 Å². The van der Waals surface area contributed by atoms with E-state index in [-0.39, 0.29) is 5.91 Å². The van der Waals surface area contributed by atoms with Crippen molar-refractivity contribution in [3.63, 3.8) is 0 Å². The first kappa shape index (κ1) is 7.03. The van der Waals surface area contributed by atoms with Crippen LogP contribution in [0.2, 0.25) is 0 Å². The number of rotatable bonds is 0. The molecule has 0 aliphatic carbocycles. The highest BCUT2D eigenvalue weighted by Crippen LogP contribution is 2.28. The van der Waals surface area contributed by atoms with Crippen LogP contribution in [-0.2, 0) is 4.79 Å². The molecule has 0 aromatic heterocycles. The van der Waals surface area contributed by atoms with Crippen molar-refractivity contribution in [2.75, 3.05) is 11.9 Å². The Morgan fingerprint density at radius 2 is 2.17 bits per heavy atom. The topological polar surface area (TPSA) is 34.4 Å². The summed E-state index contributed by atoms with van der Waals surface area (Å²) >= 11 is 0. The number of hydrogen-bond donors (Lipinski definition) is 0. The fourth-order valence-electron chi connectivity index (χ4n) is 1.19. The van der Waals surface area contributed by atoms with E-state index in [1.165, 1.54) is 6.54 Å². The van der Waals surface area contributed by atoms with Gasteiger partial charge in [-0.1, -0.05) is 17.4 Å². The van der Waals surface area contributed by atoms with Crippen LogP contribution in [0.25, 0.3) is 0 Å². The molecular weight excluding hydrogens is 152 g/mol. The standard InChI is InChI=1S/C9H8N2O/c1-11-8-5-3-2-4-7(8)10-6-9(11)12/h2-6H,1H3/q+1. The number of amides is 1. The summed E-state index contributed by atoms with van der Waals surface area (Å²) in [5.74, 6) is -0.0753. The molecule has 0 saturated carbocycles. The van der Waals surface area contributed by atoms with Gasteiger partial charge in [-0.15, -0.1) is 0 Å². The van der Waals surface area contributed by atoms with Crippen molar-refractivity contribution >= 4 is 17.3 Å². The number of fused-ring (bicyclic) bond motifs is 1. The summed E-state index contributed by atoms with van der Waals surface area (Å²) in [7, 11) is 1.74. The van der Waals surface area contributed by atoms with E-state index in [9.17, 15) is 4.79 Å². The summed E-state index contributed by atoms with van der Waals surface area (Å²) in [5, 5.41) is 4.01. The second-order valence-corrected chi connectivity index (χ2v) is 2.64. The van der Waals surface area contributed by atoms with E-state index in [0.29, 0.717) is 0 Å². The zero-order valence-corrected chi connectivity index (χ0v) is 6.69. The summed E-state index contributed by atoms with van der Waals surface area (Å²) in [6, 6.07) is 7.56. The first-order valence-electron chi connectivity index (χ1n) is 3.70. The molecule has 59 valence electrons. The average Bonchev–Trinajstić information content (AvgIpc) is 2.12. The molecule has 1 aromatic rings. The third kappa shape index (κ3) is 0.906. The van der Waals surface area contributed by atoms with Gasteiger partial charge in [0.25, 0.3) is 0 Å². The summed E-state index contributed by atoms with van der Waals surface area (Å²) < 4.78 is 0. The minimum absolute atomic E-state index is 0.0753. The van der Waals surface area contributed by atoms with E-state index >= 15 is 0 Å². The molecule has 0 saturated heterocycles. The molecule has 0 spiro atoms. The smallest absolute Gasteiger partial charge is 0.271 e. The lowest BCUT2D eigenvalue weighted by Crippen LogP contribution is -2.32. The number of para-hydroxylation sites is 2. The summed E-state index contributed by atoms with van der Waals surface area (Å²) in [4.78, 5) is 12.7. The maximum absolute atomic E-state index is 11.1. The lowest BCUT2D eigenvalue weighted by Gasteiger charge is -2.17. The first-order chi connectivity index (χ1) is 5.79. The number of anilines is 1. The molecular formula is C9H8N2O+. The normalized spacial score (nSPS) is 14.8. The number of benzene rings is 1. The zero-order valence-electron chi connectivity index (χ0n) is 6.69. The predicted molar refractivity (Wildman–Crippen MR) is 45.9 cm³/mol. The Morgan fingerprint density at radius 1 is 1.42 bits per heavy atom. The van der Waals surface area contributed by atoms with Crippen LogP contribution in [-0.4, -0.2) is 13.0 Å². The molecule has 0 unspecified atom stereocenters. The van der Waals surface area contributed by atoms with Crippen molar-refractivity contribution in [2.45, 2.75) is 0 Å². The molecule has 1 aromatic carbocycles. The van der Waals surface area contributed by atoms with E-state index in [1.54, 1.807) is 11.9 Å². The van der Waals surface area contributed by atoms with Crippen molar-refractivity contribution in [1.29, 1.82) is 0 Å². The van der Waals surface area contributed by atoms with Gasteiger partial charge in [0.05, 0.1) is 5.69 Å². The summed E-state index contributed by atoms with van der Waals surface area (Å²) in [6.07, 6.45) is 0.